The van der Waals surface area contributed by atoms with Gasteiger partial charge in [0.2, 0.25) is 0 Å². The first-order valence-electron chi connectivity index (χ1n) is 5.49. The summed E-state index contributed by atoms with van der Waals surface area (Å²) in [5, 5.41) is 3.05. The molecule has 2 heterocycles. The van der Waals surface area contributed by atoms with Crippen molar-refractivity contribution in [3.05, 3.63) is 58.3 Å². The predicted molar refractivity (Wildman–Crippen MR) is 68.3 cm³/mol. The van der Waals surface area contributed by atoms with Crippen LogP contribution in [-0.4, -0.2) is 16.6 Å². The minimum atomic E-state index is 0.00154. The summed E-state index contributed by atoms with van der Waals surface area (Å²) >= 11 is 0. The summed E-state index contributed by atoms with van der Waals surface area (Å²) in [7, 11) is 1.86. The maximum absolute atomic E-state index is 11.7. The molecule has 17 heavy (non-hydrogen) atoms. The zero-order valence-corrected chi connectivity index (χ0v) is 9.97. The molecule has 4 heteroatoms. The van der Waals surface area contributed by atoms with Gasteiger partial charge in [-0.25, -0.2) is 0 Å². The summed E-state index contributed by atoms with van der Waals surface area (Å²) in [4.78, 5) is 16.0. The second-order valence-corrected chi connectivity index (χ2v) is 3.96. The van der Waals surface area contributed by atoms with Crippen molar-refractivity contribution < 1.29 is 0 Å². The average molecular weight is 229 g/mol. The lowest BCUT2D eigenvalue weighted by atomic mass is 10.3. The van der Waals surface area contributed by atoms with Crippen molar-refractivity contribution in [2.45, 2.75) is 13.5 Å². The first-order chi connectivity index (χ1) is 8.19. The minimum Gasteiger partial charge on any atom is -0.388 e. The van der Waals surface area contributed by atoms with Crippen molar-refractivity contribution in [1.82, 2.24) is 9.55 Å². The number of anilines is 1. The molecule has 0 fully saturated rings. The van der Waals surface area contributed by atoms with Crippen molar-refractivity contribution in [3.63, 3.8) is 0 Å². The molecule has 1 N–H and O–H groups in total. The highest BCUT2D eigenvalue weighted by atomic mass is 16.1. The molecular formula is C13H15N3O. The Labute approximate surface area is 99.9 Å². The number of hydrogen-bond acceptors (Lipinski definition) is 3. The zero-order valence-electron chi connectivity index (χ0n) is 9.97. The fraction of sp³-hybridized carbons (Fsp3) is 0.231. The molecule has 0 radical (unpaired) electrons. The van der Waals surface area contributed by atoms with Gasteiger partial charge in [0.05, 0.1) is 12.2 Å². The zero-order chi connectivity index (χ0) is 12.3. The van der Waals surface area contributed by atoms with E-state index in [0.29, 0.717) is 6.54 Å². The van der Waals surface area contributed by atoms with Gasteiger partial charge in [-0.05, 0) is 30.7 Å². The Kier molecular flexibility index (Phi) is 3.23. The van der Waals surface area contributed by atoms with Crippen LogP contribution in [0.1, 0.15) is 11.3 Å². The summed E-state index contributed by atoms with van der Waals surface area (Å²) in [6.07, 6.45) is 3.53. The minimum absolute atomic E-state index is 0.00154. The Morgan fingerprint density at radius 2 is 2.18 bits per heavy atom. The maximum Gasteiger partial charge on any atom is 0.251 e. The first-order valence-corrected chi connectivity index (χ1v) is 5.49. The highest BCUT2D eigenvalue weighted by Gasteiger charge is 2.00. The van der Waals surface area contributed by atoms with E-state index in [0.717, 1.165) is 16.9 Å². The Morgan fingerprint density at radius 3 is 2.88 bits per heavy atom. The molecule has 0 spiro atoms. The lowest BCUT2D eigenvalue weighted by Gasteiger charge is -2.07. The number of nitrogens with one attached hydrogen (secondary N) is 1. The fourth-order valence-corrected chi connectivity index (χ4v) is 1.63. The molecular weight excluding hydrogens is 214 g/mol. The molecule has 0 aliphatic heterocycles. The van der Waals surface area contributed by atoms with Crippen LogP contribution in [0.4, 0.5) is 5.69 Å². The van der Waals surface area contributed by atoms with Crippen LogP contribution in [0.2, 0.25) is 0 Å². The highest BCUT2D eigenvalue weighted by Crippen LogP contribution is 2.07. The van der Waals surface area contributed by atoms with Gasteiger partial charge in [0.25, 0.3) is 5.56 Å². The van der Waals surface area contributed by atoms with Crippen LogP contribution >= 0.6 is 0 Å². The van der Waals surface area contributed by atoms with E-state index in [2.05, 4.69) is 10.3 Å². The molecule has 2 rings (SSSR count). The molecule has 2 aromatic heterocycles. The van der Waals surface area contributed by atoms with Crippen molar-refractivity contribution in [2.24, 2.45) is 0 Å². The van der Waals surface area contributed by atoms with Gasteiger partial charge in [0, 0.05) is 31.2 Å². The molecule has 0 aliphatic rings. The van der Waals surface area contributed by atoms with Crippen LogP contribution in [-0.2, 0) is 6.54 Å². The molecule has 0 bridgehead atoms. The van der Waals surface area contributed by atoms with Gasteiger partial charge < -0.3 is 9.88 Å². The SMILES string of the molecule is CNc1ccnc(Cn2ccc(C)cc2=O)c1. The molecule has 0 aliphatic carbocycles. The van der Waals surface area contributed by atoms with E-state index in [9.17, 15) is 4.79 Å². The van der Waals surface area contributed by atoms with E-state index in [4.69, 9.17) is 0 Å². The quantitative estimate of drug-likeness (QED) is 0.870. The smallest absolute Gasteiger partial charge is 0.251 e. The van der Waals surface area contributed by atoms with Crippen LogP contribution in [0.25, 0.3) is 0 Å². The van der Waals surface area contributed by atoms with Crippen LogP contribution in [0.5, 0.6) is 0 Å². The molecule has 0 unspecified atom stereocenters. The third-order valence-corrected chi connectivity index (χ3v) is 2.59. The van der Waals surface area contributed by atoms with Crippen molar-refractivity contribution in [3.8, 4) is 0 Å². The van der Waals surface area contributed by atoms with Gasteiger partial charge in [0.15, 0.2) is 0 Å². The summed E-state index contributed by atoms with van der Waals surface area (Å²) in [5.74, 6) is 0. The van der Waals surface area contributed by atoms with Gasteiger partial charge in [-0.2, -0.15) is 0 Å². The van der Waals surface area contributed by atoms with Gasteiger partial charge in [0.1, 0.15) is 0 Å². The summed E-state index contributed by atoms with van der Waals surface area (Å²) in [6.45, 7) is 2.40. The Hall–Kier alpha value is -2.10. The van der Waals surface area contributed by atoms with E-state index >= 15 is 0 Å². The third-order valence-electron chi connectivity index (χ3n) is 2.59. The van der Waals surface area contributed by atoms with Crippen molar-refractivity contribution >= 4 is 5.69 Å². The van der Waals surface area contributed by atoms with Crippen LogP contribution < -0.4 is 10.9 Å². The average Bonchev–Trinajstić information content (AvgIpc) is 2.33. The topological polar surface area (TPSA) is 46.9 Å². The van der Waals surface area contributed by atoms with Gasteiger partial charge in [-0.1, -0.05) is 0 Å². The molecule has 4 nitrogen and oxygen atoms in total. The Balaban J connectivity index is 2.28. The predicted octanol–water partition coefficient (Wildman–Crippen LogP) is 1.64. The monoisotopic (exact) mass is 229 g/mol. The third kappa shape index (κ3) is 2.72. The molecule has 88 valence electrons. The molecule has 0 aromatic carbocycles. The lowest BCUT2D eigenvalue weighted by Crippen LogP contribution is -2.19. The number of aromatic nitrogens is 2. The maximum atomic E-state index is 11.7. The first kappa shape index (κ1) is 11.4. The van der Waals surface area contributed by atoms with E-state index in [1.165, 1.54) is 0 Å². The van der Waals surface area contributed by atoms with Crippen molar-refractivity contribution in [2.75, 3.05) is 12.4 Å². The van der Waals surface area contributed by atoms with Crippen LogP contribution in [0.15, 0.2) is 41.5 Å². The van der Waals surface area contributed by atoms with E-state index in [1.807, 2.05) is 32.2 Å². The number of nitrogens with zero attached hydrogens (tertiary/aromatic N) is 2. The summed E-state index contributed by atoms with van der Waals surface area (Å²) in [6, 6.07) is 7.37. The van der Waals surface area contributed by atoms with E-state index in [-0.39, 0.29) is 5.56 Å². The molecule has 0 atom stereocenters. The lowest BCUT2D eigenvalue weighted by molar-refractivity contribution is 0.738. The summed E-state index contributed by atoms with van der Waals surface area (Å²) < 4.78 is 1.65. The molecule has 0 saturated heterocycles. The molecule has 0 saturated carbocycles. The highest BCUT2D eigenvalue weighted by molar-refractivity contribution is 5.42. The standard InChI is InChI=1S/C13H15N3O/c1-10-4-6-16(13(17)7-10)9-12-8-11(14-2)3-5-15-12/h3-8H,9H2,1-2H3,(H,14,15). The normalized spacial score (nSPS) is 10.2. The van der Waals surface area contributed by atoms with Gasteiger partial charge in [-0.15, -0.1) is 0 Å². The number of aryl methyl sites for hydroxylation is 1. The van der Waals surface area contributed by atoms with Gasteiger partial charge in [-0.3, -0.25) is 9.78 Å². The number of pyridine rings is 2. The second-order valence-electron chi connectivity index (χ2n) is 3.96. The van der Waals surface area contributed by atoms with Crippen molar-refractivity contribution in [1.29, 1.82) is 0 Å². The van der Waals surface area contributed by atoms with Crippen LogP contribution in [0.3, 0.4) is 0 Å². The number of rotatable bonds is 3. The molecule has 0 amide bonds. The fourth-order valence-electron chi connectivity index (χ4n) is 1.63. The van der Waals surface area contributed by atoms with Gasteiger partial charge >= 0.3 is 0 Å². The Bertz CT molecular complexity index is 575. The Morgan fingerprint density at radius 1 is 1.35 bits per heavy atom. The molecule has 2 aromatic rings. The number of hydrogen-bond donors (Lipinski definition) is 1. The summed E-state index contributed by atoms with van der Waals surface area (Å²) in [5.41, 5.74) is 2.84. The van der Waals surface area contributed by atoms with Crippen LogP contribution in [0, 0.1) is 6.92 Å². The largest absolute Gasteiger partial charge is 0.388 e. The second kappa shape index (κ2) is 4.82. The van der Waals surface area contributed by atoms with E-state index < -0.39 is 0 Å². The van der Waals surface area contributed by atoms with E-state index in [1.54, 1.807) is 23.0 Å².